The summed E-state index contributed by atoms with van der Waals surface area (Å²) in [5.41, 5.74) is 3.60. The van der Waals surface area contributed by atoms with Crippen LogP contribution in [-0.4, -0.2) is 4.98 Å². The number of benzene rings is 1. The van der Waals surface area contributed by atoms with Crippen molar-refractivity contribution in [2.45, 2.75) is 39.5 Å². The van der Waals surface area contributed by atoms with Crippen molar-refractivity contribution in [2.24, 2.45) is 5.92 Å². The van der Waals surface area contributed by atoms with E-state index < -0.39 is 0 Å². The van der Waals surface area contributed by atoms with Gasteiger partial charge in [-0.15, -0.1) is 0 Å². The molecular formula is C20H23NO. The molecule has 114 valence electrons. The van der Waals surface area contributed by atoms with Gasteiger partial charge in [-0.25, -0.2) is 0 Å². The number of nitrogens with zero attached hydrogens (tertiary/aromatic N) is 1. The Morgan fingerprint density at radius 3 is 2.77 bits per heavy atom. The van der Waals surface area contributed by atoms with E-state index in [9.17, 15) is 0 Å². The van der Waals surface area contributed by atoms with Gasteiger partial charge >= 0.3 is 0 Å². The fourth-order valence-electron chi connectivity index (χ4n) is 3.21. The summed E-state index contributed by atoms with van der Waals surface area (Å²) in [5.74, 6) is 3.23. The van der Waals surface area contributed by atoms with Crippen LogP contribution in [0.4, 0.5) is 0 Å². The van der Waals surface area contributed by atoms with Crippen molar-refractivity contribution in [1.29, 1.82) is 0 Å². The Hall–Kier alpha value is -2.09. The van der Waals surface area contributed by atoms with Gasteiger partial charge in [0, 0.05) is 24.3 Å². The second-order valence-corrected chi connectivity index (χ2v) is 6.27. The Bertz CT molecular complexity index is 673. The van der Waals surface area contributed by atoms with E-state index in [1.54, 1.807) is 6.20 Å². The molecule has 0 aliphatic carbocycles. The average Bonchev–Trinajstić information content (AvgIpc) is 2.90. The van der Waals surface area contributed by atoms with Gasteiger partial charge in [0.15, 0.2) is 0 Å². The first-order chi connectivity index (χ1) is 10.7. The third-order valence-corrected chi connectivity index (χ3v) is 4.37. The molecule has 1 aromatic carbocycles. The van der Waals surface area contributed by atoms with Crippen LogP contribution in [0.15, 0.2) is 48.4 Å². The largest absolute Gasteiger partial charge is 0.461 e. The first kappa shape index (κ1) is 14.8. The minimum Gasteiger partial charge on any atom is -0.461 e. The van der Waals surface area contributed by atoms with E-state index >= 15 is 0 Å². The van der Waals surface area contributed by atoms with Crippen LogP contribution in [0.25, 0.3) is 6.08 Å². The monoisotopic (exact) mass is 293 g/mol. The highest BCUT2D eigenvalue weighted by molar-refractivity contribution is 5.54. The molecule has 0 bridgehead atoms. The molecule has 1 unspecified atom stereocenters. The highest BCUT2D eigenvalue weighted by atomic mass is 16.5. The van der Waals surface area contributed by atoms with E-state index in [4.69, 9.17) is 4.74 Å². The Kier molecular flexibility index (Phi) is 4.28. The smallest absolute Gasteiger partial charge is 0.130 e. The summed E-state index contributed by atoms with van der Waals surface area (Å²) in [4.78, 5) is 4.33. The summed E-state index contributed by atoms with van der Waals surface area (Å²) in [6.07, 6.45) is 5.85. The lowest BCUT2D eigenvalue weighted by molar-refractivity contribution is 0.446. The molecule has 1 aromatic heterocycles. The predicted molar refractivity (Wildman–Crippen MR) is 90.9 cm³/mol. The Balaban J connectivity index is 1.83. The highest BCUT2D eigenvalue weighted by Gasteiger charge is 2.21. The average molecular weight is 293 g/mol. The number of pyridine rings is 1. The van der Waals surface area contributed by atoms with Crippen molar-refractivity contribution in [3.8, 4) is 5.75 Å². The summed E-state index contributed by atoms with van der Waals surface area (Å²) in [6, 6.07) is 12.6. The maximum atomic E-state index is 6.05. The molecule has 2 aromatic rings. The van der Waals surface area contributed by atoms with Gasteiger partial charge in [0.05, 0.1) is 5.69 Å². The molecule has 0 amide bonds. The SMILES string of the molecule is CCC(c1ccc2c(c1)O/C(=C/c1ccccn1)C2)C(C)C. The quantitative estimate of drug-likeness (QED) is 0.772. The lowest BCUT2D eigenvalue weighted by atomic mass is 9.86. The standard InChI is InChI=1S/C20H23NO/c1-4-19(14(2)3)15-8-9-16-11-18(22-20(16)12-15)13-17-7-5-6-10-21-17/h5-10,12-14,19H,4,11H2,1-3H3/b18-13+. The molecule has 0 saturated carbocycles. The molecule has 0 fully saturated rings. The Morgan fingerprint density at radius 1 is 1.23 bits per heavy atom. The van der Waals surface area contributed by atoms with E-state index in [1.165, 1.54) is 11.1 Å². The summed E-state index contributed by atoms with van der Waals surface area (Å²) in [7, 11) is 0. The van der Waals surface area contributed by atoms with E-state index in [0.717, 1.165) is 30.0 Å². The molecule has 0 spiro atoms. The van der Waals surface area contributed by atoms with Crippen molar-refractivity contribution in [3.63, 3.8) is 0 Å². The van der Waals surface area contributed by atoms with Crippen LogP contribution in [-0.2, 0) is 6.42 Å². The topological polar surface area (TPSA) is 22.1 Å². The van der Waals surface area contributed by atoms with E-state index in [1.807, 2.05) is 24.3 Å². The molecule has 1 atom stereocenters. The number of rotatable bonds is 4. The Labute approximate surface area is 132 Å². The van der Waals surface area contributed by atoms with E-state index in [2.05, 4.69) is 44.0 Å². The molecule has 22 heavy (non-hydrogen) atoms. The number of hydrogen-bond acceptors (Lipinski definition) is 2. The number of aromatic nitrogens is 1. The van der Waals surface area contributed by atoms with Crippen LogP contribution < -0.4 is 4.74 Å². The lowest BCUT2D eigenvalue weighted by Gasteiger charge is -2.19. The Morgan fingerprint density at radius 2 is 2.09 bits per heavy atom. The maximum absolute atomic E-state index is 6.05. The predicted octanol–water partition coefficient (Wildman–Crippen LogP) is 5.21. The van der Waals surface area contributed by atoms with Crippen molar-refractivity contribution in [3.05, 3.63) is 65.2 Å². The third-order valence-electron chi connectivity index (χ3n) is 4.37. The molecule has 2 heteroatoms. The van der Waals surface area contributed by atoms with E-state index in [-0.39, 0.29) is 0 Å². The van der Waals surface area contributed by atoms with Crippen LogP contribution in [0.5, 0.6) is 5.75 Å². The second-order valence-electron chi connectivity index (χ2n) is 6.27. The normalized spacial score (nSPS) is 16.6. The van der Waals surface area contributed by atoms with Crippen LogP contribution in [0.2, 0.25) is 0 Å². The summed E-state index contributed by atoms with van der Waals surface area (Å²) < 4.78 is 6.05. The molecule has 0 radical (unpaired) electrons. The van der Waals surface area contributed by atoms with Gasteiger partial charge in [0.2, 0.25) is 0 Å². The highest BCUT2D eigenvalue weighted by Crippen LogP contribution is 2.36. The van der Waals surface area contributed by atoms with Gasteiger partial charge in [0.1, 0.15) is 11.5 Å². The van der Waals surface area contributed by atoms with Gasteiger partial charge in [-0.3, -0.25) is 4.98 Å². The van der Waals surface area contributed by atoms with Gasteiger partial charge in [0.25, 0.3) is 0 Å². The van der Waals surface area contributed by atoms with Gasteiger partial charge in [-0.1, -0.05) is 39.0 Å². The van der Waals surface area contributed by atoms with Gasteiger partial charge in [-0.05, 0) is 42.0 Å². The van der Waals surface area contributed by atoms with Crippen LogP contribution in [0.1, 0.15) is 49.9 Å². The maximum Gasteiger partial charge on any atom is 0.130 e. The molecule has 1 aliphatic rings. The second kappa shape index (κ2) is 6.35. The van der Waals surface area contributed by atoms with Gasteiger partial charge < -0.3 is 4.74 Å². The zero-order chi connectivity index (χ0) is 15.5. The van der Waals surface area contributed by atoms with Crippen LogP contribution in [0.3, 0.4) is 0 Å². The van der Waals surface area contributed by atoms with E-state index in [0.29, 0.717) is 11.8 Å². The summed E-state index contributed by atoms with van der Waals surface area (Å²) in [5, 5.41) is 0. The lowest BCUT2D eigenvalue weighted by Crippen LogP contribution is -2.05. The number of hydrogen-bond donors (Lipinski definition) is 0. The first-order valence-electron chi connectivity index (χ1n) is 8.09. The molecule has 0 saturated heterocycles. The van der Waals surface area contributed by atoms with Crippen LogP contribution in [0, 0.1) is 5.92 Å². The van der Waals surface area contributed by atoms with Crippen LogP contribution >= 0.6 is 0 Å². The fourth-order valence-corrected chi connectivity index (χ4v) is 3.21. The summed E-state index contributed by atoms with van der Waals surface area (Å²) in [6.45, 7) is 6.83. The van der Waals surface area contributed by atoms with Gasteiger partial charge in [-0.2, -0.15) is 0 Å². The summed E-state index contributed by atoms with van der Waals surface area (Å²) >= 11 is 0. The van der Waals surface area contributed by atoms with Crippen molar-refractivity contribution >= 4 is 6.08 Å². The zero-order valence-corrected chi connectivity index (χ0v) is 13.5. The van der Waals surface area contributed by atoms with Crippen molar-refractivity contribution in [1.82, 2.24) is 4.98 Å². The molecular weight excluding hydrogens is 270 g/mol. The fraction of sp³-hybridized carbons (Fsp3) is 0.350. The first-order valence-corrected chi connectivity index (χ1v) is 8.09. The van der Waals surface area contributed by atoms with Crippen molar-refractivity contribution in [2.75, 3.05) is 0 Å². The molecule has 2 heterocycles. The molecule has 1 aliphatic heterocycles. The molecule has 0 N–H and O–H groups in total. The zero-order valence-electron chi connectivity index (χ0n) is 13.5. The number of fused-ring (bicyclic) bond motifs is 1. The number of allylic oxidation sites excluding steroid dienone is 1. The minimum atomic E-state index is 0.595. The molecule has 3 rings (SSSR count). The minimum absolute atomic E-state index is 0.595. The van der Waals surface area contributed by atoms with Crippen molar-refractivity contribution < 1.29 is 4.74 Å². The third kappa shape index (κ3) is 3.06. The molecule has 2 nitrogen and oxygen atoms in total. The number of ether oxygens (including phenoxy) is 1.